The number of hydrogen-bond donors (Lipinski definition) is 0. The molecule has 1 radical (unpaired) electrons. The SMILES string of the molecule is CC(C)(C)P(Cc1[c-]c(CP(C(C)(C)C)C(C)(C)C)ccc1)C(C)(C)C.[Ir]. The molecular weight excluding hydrogens is 542 g/mol. The summed E-state index contributed by atoms with van der Waals surface area (Å²) in [5.74, 6) is 0. The summed E-state index contributed by atoms with van der Waals surface area (Å²) < 4.78 is 0. The maximum atomic E-state index is 3.83. The van der Waals surface area contributed by atoms with Crippen LogP contribution in [0, 0.1) is 6.07 Å². The van der Waals surface area contributed by atoms with Gasteiger partial charge in [0.05, 0.1) is 0 Å². The Morgan fingerprint density at radius 1 is 0.593 bits per heavy atom. The van der Waals surface area contributed by atoms with Gasteiger partial charge >= 0.3 is 0 Å². The molecule has 0 unspecified atom stereocenters. The third-order valence-corrected chi connectivity index (χ3v) is 12.6. The Labute approximate surface area is 186 Å². The predicted molar refractivity (Wildman–Crippen MR) is 126 cm³/mol. The maximum Gasteiger partial charge on any atom is 0 e. The summed E-state index contributed by atoms with van der Waals surface area (Å²) in [6.45, 7) is 28.9. The van der Waals surface area contributed by atoms with Crippen molar-refractivity contribution < 1.29 is 20.1 Å². The van der Waals surface area contributed by atoms with E-state index in [1.54, 1.807) is 0 Å². The van der Waals surface area contributed by atoms with Gasteiger partial charge in [0, 0.05) is 20.1 Å². The minimum Gasteiger partial charge on any atom is -0.176 e. The van der Waals surface area contributed by atoms with Gasteiger partial charge in [0.1, 0.15) is 0 Å². The summed E-state index contributed by atoms with van der Waals surface area (Å²) in [7, 11) is -0.246. The minimum absolute atomic E-state index is 0. The summed E-state index contributed by atoms with van der Waals surface area (Å²) in [5, 5.41) is 1.45. The van der Waals surface area contributed by atoms with Crippen molar-refractivity contribution in [2.24, 2.45) is 0 Å². The largest absolute Gasteiger partial charge is 0.176 e. The van der Waals surface area contributed by atoms with Crippen molar-refractivity contribution in [3.8, 4) is 0 Å². The molecule has 1 rings (SSSR count). The van der Waals surface area contributed by atoms with Crippen molar-refractivity contribution in [1.29, 1.82) is 0 Å². The topological polar surface area (TPSA) is 0 Å². The number of hydrogen-bond acceptors (Lipinski definition) is 0. The van der Waals surface area contributed by atoms with Gasteiger partial charge in [0.15, 0.2) is 0 Å². The molecule has 27 heavy (non-hydrogen) atoms. The van der Waals surface area contributed by atoms with Crippen molar-refractivity contribution >= 4 is 15.8 Å². The van der Waals surface area contributed by atoms with Gasteiger partial charge in [-0.15, -0.1) is 0 Å². The molecule has 0 aliphatic rings. The van der Waals surface area contributed by atoms with E-state index in [0.717, 1.165) is 0 Å². The van der Waals surface area contributed by atoms with Crippen molar-refractivity contribution in [3.63, 3.8) is 0 Å². The molecule has 0 fully saturated rings. The average molecular weight is 586 g/mol. The molecule has 0 bridgehead atoms. The zero-order chi connectivity index (χ0) is 20.6. The number of benzene rings is 1. The molecule has 0 N–H and O–H groups in total. The van der Waals surface area contributed by atoms with Gasteiger partial charge in [-0.05, 0) is 32.9 Å². The summed E-state index contributed by atoms with van der Waals surface area (Å²) in [4.78, 5) is 0. The van der Waals surface area contributed by atoms with Crippen molar-refractivity contribution in [1.82, 2.24) is 0 Å². The second-order valence-corrected chi connectivity index (χ2v) is 19.3. The van der Waals surface area contributed by atoms with Crippen molar-refractivity contribution in [2.75, 3.05) is 0 Å². The normalized spacial score (nSPS) is 13.9. The zero-order valence-corrected chi connectivity index (χ0v) is 24.1. The fourth-order valence-electron chi connectivity index (χ4n) is 4.06. The van der Waals surface area contributed by atoms with Crippen LogP contribution < -0.4 is 0 Å². The van der Waals surface area contributed by atoms with Gasteiger partial charge in [0.25, 0.3) is 0 Å². The van der Waals surface area contributed by atoms with E-state index < -0.39 is 0 Å². The van der Waals surface area contributed by atoms with E-state index in [9.17, 15) is 0 Å². The molecule has 1 aromatic carbocycles. The first-order chi connectivity index (χ1) is 11.4. The number of rotatable bonds is 4. The second kappa shape index (κ2) is 9.69. The van der Waals surface area contributed by atoms with Gasteiger partial charge in [-0.2, -0.15) is 35.4 Å². The Hall–Kier alpha value is 0.729. The van der Waals surface area contributed by atoms with Crippen molar-refractivity contribution in [2.45, 2.75) is 116 Å². The van der Waals surface area contributed by atoms with Crippen LogP contribution in [0.15, 0.2) is 18.2 Å². The fourth-order valence-corrected chi connectivity index (χ4v) is 11.0. The standard InChI is InChI=1S/C24H43P2.Ir/c1-21(2,3)25(22(4,5)6)17-19-14-13-15-20(16-19)18-26(23(7,8)9)24(10,11)12;/h13-15H,17-18H2,1-12H3;/q-1;. The van der Waals surface area contributed by atoms with Crippen LogP contribution in [0.4, 0.5) is 0 Å². The molecule has 1 aromatic rings. The van der Waals surface area contributed by atoms with Gasteiger partial charge < -0.3 is 0 Å². The first kappa shape index (κ1) is 27.7. The van der Waals surface area contributed by atoms with E-state index in [1.807, 2.05) is 0 Å². The molecule has 0 saturated heterocycles. The first-order valence-corrected chi connectivity index (χ1v) is 13.0. The molecule has 3 heteroatoms. The van der Waals surface area contributed by atoms with E-state index in [1.165, 1.54) is 23.5 Å². The smallest absolute Gasteiger partial charge is 0 e. The van der Waals surface area contributed by atoms with Gasteiger partial charge in [-0.1, -0.05) is 98.9 Å². The maximum absolute atomic E-state index is 3.83. The van der Waals surface area contributed by atoms with Crippen LogP contribution in [0.3, 0.4) is 0 Å². The van der Waals surface area contributed by atoms with Gasteiger partial charge in [-0.3, -0.25) is 0 Å². The Balaban J connectivity index is 0.00000676. The van der Waals surface area contributed by atoms with E-state index in [4.69, 9.17) is 0 Å². The van der Waals surface area contributed by atoms with Gasteiger partial charge in [-0.25, -0.2) is 0 Å². The molecule has 0 spiro atoms. The third kappa shape index (κ3) is 8.95. The van der Waals surface area contributed by atoms with E-state index >= 15 is 0 Å². The molecule has 0 atom stereocenters. The molecular formula is C24H43IrP2-. The summed E-state index contributed by atoms with van der Waals surface area (Å²) in [6, 6.07) is 10.7. The van der Waals surface area contributed by atoms with Crippen LogP contribution >= 0.6 is 15.8 Å². The van der Waals surface area contributed by atoms with Crippen LogP contribution in [0.1, 0.15) is 94.2 Å². The van der Waals surface area contributed by atoms with Crippen LogP contribution in [-0.2, 0) is 32.4 Å². The summed E-state index contributed by atoms with van der Waals surface area (Å²) >= 11 is 0. The molecule has 0 aliphatic heterocycles. The molecule has 0 amide bonds. The monoisotopic (exact) mass is 586 g/mol. The molecule has 0 saturated carbocycles. The van der Waals surface area contributed by atoms with Crippen LogP contribution in [0.2, 0.25) is 0 Å². The van der Waals surface area contributed by atoms with Crippen molar-refractivity contribution in [3.05, 3.63) is 35.4 Å². The molecule has 0 nitrogen and oxygen atoms in total. The summed E-state index contributed by atoms with van der Waals surface area (Å²) in [5.41, 5.74) is 2.83. The van der Waals surface area contributed by atoms with Crippen LogP contribution in [0.25, 0.3) is 0 Å². The zero-order valence-electron chi connectivity index (χ0n) is 19.9. The fraction of sp³-hybridized carbons (Fsp3) is 0.750. The second-order valence-electron chi connectivity index (χ2n) is 11.6. The predicted octanol–water partition coefficient (Wildman–Crippen LogP) is 8.64. The Kier molecular flexibility index (Phi) is 9.95. The van der Waals surface area contributed by atoms with Crippen LogP contribution in [0.5, 0.6) is 0 Å². The van der Waals surface area contributed by atoms with E-state index in [-0.39, 0.29) is 35.9 Å². The van der Waals surface area contributed by atoms with E-state index in [0.29, 0.717) is 20.6 Å². The van der Waals surface area contributed by atoms with Crippen LogP contribution in [-0.4, -0.2) is 20.6 Å². The molecule has 0 aromatic heterocycles. The molecule has 159 valence electrons. The molecule has 0 heterocycles. The Morgan fingerprint density at radius 2 is 0.852 bits per heavy atom. The first-order valence-electron chi connectivity index (χ1n) is 9.98. The average Bonchev–Trinajstić information content (AvgIpc) is 2.37. The van der Waals surface area contributed by atoms with Gasteiger partial charge in [0.2, 0.25) is 0 Å². The van der Waals surface area contributed by atoms with E-state index in [2.05, 4.69) is 107 Å². The summed E-state index contributed by atoms with van der Waals surface area (Å²) in [6.07, 6.45) is 2.36. The molecule has 0 aliphatic carbocycles. The Bertz CT molecular complexity index is 503. The Morgan fingerprint density at radius 3 is 1.07 bits per heavy atom. The third-order valence-electron chi connectivity index (χ3n) is 4.81. The minimum atomic E-state index is -0.123. The quantitative estimate of drug-likeness (QED) is 0.245.